The highest BCUT2D eigenvalue weighted by Crippen LogP contribution is 2.02. The van der Waals surface area contributed by atoms with Crippen LogP contribution in [0.5, 0.6) is 0 Å². The lowest BCUT2D eigenvalue weighted by Crippen LogP contribution is -2.24. The molecule has 0 saturated heterocycles. The average molecular weight is 308 g/mol. The van der Waals surface area contributed by atoms with Crippen molar-refractivity contribution in [3.05, 3.63) is 35.4 Å². The molecule has 0 bridgehead atoms. The third-order valence-electron chi connectivity index (χ3n) is 2.37. The SMILES string of the molecule is O=C([O-])CCCCC(=O)[O-].O=C([O-])c1ccc(C(=O)[O-])cc1. The number of rotatable bonds is 7. The topological polar surface area (TPSA) is 161 Å². The molecular formula is C14H12O8-4. The van der Waals surface area contributed by atoms with Crippen molar-refractivity contribution in [2.24, 2.45) is 0 Å². The van der Waals surface area contributed by atoms with E-state index in [2.05, 4.69) is 0 Å². The second-order valence-corrected chi connectivity index (χ2v) is 4.10. The van der Waals surface area contributed by atoms with E-state index < -0.39 is 23.9 Å². The number of aliphatic carboxylic acids is 2. The van der Waals surface area contributed by atoms with Crippen LogP contribution in [0.25, 0.3) is 0 Å². The number of carboxylic acids is 4. The van der Waals surface area contributed by atoms with Crippen molar-refractivity contribution >= 4 is 23.9 Å². The minimum Gasteiger partial charge on any atom is -0.550 e. The first-order valence-corrected chi connectivity index (χ1v) is 6.16. The summed E-state index contributed by atoms with van der Waals surface area (Å²) in [6.07, 6.45) is 0.535. The van der Waals surface area contributed by atoms with Gasteiger partial charge < -0.3 is 39.6 Å². The van der Waals surface area contributed by atoms with Crippen molar-refractivity contribution in [2.75, 3.05) is 0 Å². The molecule has 8 heteroatoms. The van der Waals surface area contributed by atoms with Crippen LogP contribution in [-0.2, 0) is 9.59 Å². The van der Waals surface area contributed by atoms with Gasteiger partial charge in [0.05, 0.1) is 11.9 Å². The molecule has 0 amide bonds. The Morgan fingerprint density at radius 3 is 1.09 bits per heavy atom. The molecular weight excluding hydrogens is 296 g/mol. The van der Waals surface area contributed by atoms with E-state index in [1.165, 1.54) is 0 Å². The lowest BCUT2D eigenvalue weighted by Gasteiger charge is -2.04. The van der Waals surface area contributed by atoms with E-state index in [1.54, 1.807) is 0 Å². The van der Waals surface area contributed by atoms with Gasteiger partial charge in [-0.25, -0.2) is 0 Å². The molecule has 0 heterocycles. The van der Waals surface area contributed by atoms with Crippen molar-refractivity contribution in [3.8, 4) is 0 Å². The lowest BCUT2D eigenvalue weighted by molar-refractivity contribution is -0.308. The van der Waals surface area contributed by atoms with Crippen molar-refractivity contribution in [1.82, 2.24) is 0 Å². The second-order valence-electron chi connectivity index (χ2n) is 4.10. The van der Waals surface area contributed by atoms with Crippen LogP contribution in [-0.4, -0.2) is 23.9 Å². The fourth-order valence-corrected chi connectivity index (χ4v) is 1.28. The van der Waals surface area contributed by atoms with Crippen LogP contribution in [0.15, 0.2) is 24.3 Å². The fourth-order valence-electron chi connectivity index (χ4n) is 1.28. The van der Waals surface area contributed by atoms with Gasteiger partial charge in [-0.2, -0.15) is 0 Å². The highest BCUT2D eigenvalue weighted by Gasteiger charge is 1.94. The van der Waals surface area contributed by atoms with Gasteiger partial charge in [0.25, 0.3) is 0 Å². The van der Waals surface area contributed by atoms with Gasteiger partial charge in [-0.3, -0.25) is 0 Å². The Labute approximate surface area is 125 Å². The summed E-state index contributed by atoms with van der Waals surface area (Å²) in [6, 6.07) is 4.61. The Bertz CT molecular complexity index is 483. The van der Waals surface area contributed by atoms with Crippen LogP contribution in [0.4, 0.5) is 0 Å². The third kappa shape index (κ3) is 9.08. The molecule has 0 spiro atoms. The van der Waals surface area contributed by atoms with E-state index in [0.29, 0.717) is 12.8 Å². The summed E-state index contributed by atoms with van der Waals surface area (Å²) < 4.78 is 0. The van der Waals surface area contributed by atoms with Gasteiger partial charge in [0.15, 0.2) is 0 Å². The molecule has 0 aliphatic rings. The van der Waals surface area contributed by atoms with Crippen molar-refractivity contribution in [1.29, 1.82) is 0 Å². The highest BCUT2D eigenvalue weighted by molar-refractivity contribution is 5.89. The van der Waals surface area contributed by atoms with E-state index in [4.69, 9.17) is 0 Å². The number of unbranched alkanes of at least 4 members (excludes halogenated alkanes) is 1. The molecule has 0 atom stereocenters. The Morgan fingerprint density at radius 1 is 0.636 bits per heavy atom. The number of carboxylic acid groups (broad SMARTS) is 4. The first kappa shape index (κ1) is 19.1. The Morgan fingerprint density at radius 2 is 0.909 bits per heavy atom. The normalized spacial score (nSPS) is 9.27. The number of hydrogen-bond acceptors (Lipinski definition) is 8. The summed E-state index contributed by atoms with van der Waals surface area (Å²) in [5.41, 5.74) is -0.111. The molecule has 0 unspecified atom stereocenters. The maximum absolute atomic E-state index is 10.2. The molecule has 1 aromatic rings. The Balaban J connectivity index is 0.000000409. The van der Waals surface area contributed by atoms with E-state index in [-0.39, 0.29) is 24.0 Å². The largest absolute Gasteiger partial charge is 0.550 e. The van der Waals surface area contributed by atoms with Gasteiger partial charge in [-0.05, 0) is 36.8 Å². The number of hydrogen-bond donors (Lipinski definition) is 0. The predicted molar refractivity (Wildman–Crippen MR) is 63.6 cm³/mol. The third-order valence-corrected chi connectivity index (χ3v) is 2.37. The van der Waals surface area contributed by atoms with Crippen LogP contribution in [0.2, 0.25) is 0 Å². The van der Waals surface area contributed by atoms with Crippen molar-refractivity contribution in [2.45, 2.75) is 25.7 Å². The molecule has 0 aliphatic heterocycles. The zero-order valence-corrected chi connectivity index (χ0v) is 11.4. The van der Waals surface area contributed by atoms with Crippen LogP contribution in [0.1, 0.15) is 46.4 Å². The molecule has 1 rings (SSSR count). The van der Waals surface area contributed by atoms with Crippen molar-refractivity contribution in [3.63, 3.8) is 0 Å². The lowest BCUT2D eigenvalue weighted by atomic mass is 10.1. The highest BCUT2D eigenvalue weighted by atomic mass is 16.4. The van der Waals surface area contributed by atoms with Gasteiger partial charge >= 0.3 is 0 Å². The summed E-state index contributed by atoms with van der Waals surface area (Å²) >= 11 is 0. The first-order valence-electron chi connectivity index (χ1n) is 6.16. The smallest absolute Gasteiger partial charge is 0.0715 e. The molecule has 0 aliphatic carbocycles. The predicted octanol–water partition coefficient (Wildman–Crippen LogP) is -3.54. The quantitative estimate of drug-likeness (QED) is 0.468. The minimum absolute atomic E-state index is 0.0556. The number of carbonyl (C=O) groups is 4. The molecule has 0 saturated carbocycles. The van der Waals surface area contributed by atoms with E-state index in [9.17, 15) is 39.6 Å². The maximum Gasteiger partial charge on any atom is 0.0715 e. The maximum atomic E-state index is 10.2. The standard InChI is InChI=1S/C8H6O4.C6H10O4/c9-7(10)5-1-2-6(4-3-5)8(11)12;7-5(8)3-1-2-4-6(9)10/h1-4H,(H,9,10)(H,11,12);1-4H2,(H,7,8)(H,9,10)/p-4. The van der Waals surface area contributed by atoms with Crippen LogP contribution < -0.4 is 20.4 Å². The average Bonchev–Trinajstić information content (AvgIpc) is 2.44. The summed E-state index contributed by atoms with van der Waals surface area (Å²) in [7, 11) is 0. The van der Waals surface area contributed by atoms with Crippen LogP contribution in [0, 0.1) is 0 Å². The van der Waals surface area contributed by atoms with Gasteiger partial charge in [-0.1, -0.05) is 24.3 Å². The van der Waals surface area contributed by atoms with Gasteiger partial charge in [0, 0.05) is 11.9 Å². The zero-order valence-electron chi connectivity index (χ0n) is 11.4. The molecule has 120 valence electrons. The van der Waals surface area contributed by atoms with Crippen LogP contribution in [0.3, 0.4) is 0 Å². The summed E-state index contributed by atoms with van der Waals surface area (Å²) in [6.45, 7) is 0. The molecule has 0 N–H and O–H groups in total. The fraction of sp³-hybridized carbons (Fsp3) is 0.286. The van der Waals surface area contributed by atoms with Crippen molar-refractivity contribution < 1.29 is 39.6 Å². The molecule has 1 aromatic carbocycles. The van der Waals surface area contributed by atoms with E-state index in [0.717, 1.165) is 24.3 Å². The number of benzene rings is 1. The zero-order chi connectivity index (χ0) is 17.1. The monoisotopic (exact) mass is 308 g/mol. The van der Waals surface area contributed by atoms with Gasteiger partial charge in [0.1, 0.15) is 0 Å². The number of carbonyl (C=O) groups excluding carboxylic acids is 4. The summed E-state index contributed by atoms with van der Waals surface area (Å²) in [5, 5.41) is 40.0. The molecule has 22 heavy (non-hydrogen) atoms. The molecule has 8 nitrogen and oxygen atoms in total. The van der Waals surface area contributed by atoms with E-state index in [1.807, 2.05) is 0 Å². The second kappa shape index (κ2) is 9.92. The molecule has 0 aromatic heterocycles. The van der Waals surface area contributed by atoms with Gasteiger partial charge in [-0.15, -0.1) is 0 Å². The number of aromatic carboxylic acids is 2. The minimum atomic E-state index is -1.33. The van der Waals surface area contributed by atoms with Gasteiger partial charge in [0.2, 0.25) is 0 Å². The first-order chi connectivity index (χ1) is 10.2. The summed E-state index contributed by atoms with van der Waals surface area (Å²) in [5.74, 6) is -4.95. The van der Waals surface area contributed by atoms with E-state index >= 15 is 0 Å². The Kier molecular flexibility index (Phi) is 8.61. The Hall–Kier alpha value is -2.90. The van der Waals surface area contributed by atoms with Crippen LogP contribution >= 0.6 is 0 Å². The summed E-state index contributed by atoms with van der Waals surface area (Å²) in [4.78, 5) is 40.0. The molecule has 0 fully saturated rings. The molecule has 0 radical (unpaired) electrons.